The minimum Gasteiger partial charge on any atom is -0.390 e. The molecule has 0 unspecified atom stereocenters. The SMILES string of the molecule is OCc1cn(-c2ccc(C(F)(F)F)c(C(F)(F)F)c2)nn1. The monoisotopic (exact) mass is 311 g/mol. The molecule has 0 spiro atoms. The van der Waals surface area contributed by atoms with E-state index >= 15 is 0 Å². The highest BCUT2D eigenvalue weighted by Gasteiger charge is 2.43. The van der Waals surface area contributed by atoms with Gasteiger partial charge in [-0.2, -0.15) is 26.3 Å². The standard InChI is InChI=1S/C11H7F6N3O/c12-10(13,14)8-2-1-7(3-9(8)11(15,16)17)20-4-6(5-21)18-19-20/h1-4,21H,5H2. The highest BCUT2D eigenvalue weighted by atomic mass is 19.4. The zero-order valence-corrected chi connectivity index (χ0v) is 10.1. The van der Waals surface area contributed by atoms with Crippen LogP contribution >= 0.6 is 0 Å². The molecular formula is C11H7F6N3O. The first-order valence-corrected chi connectivity index (χ1v) is 5.44. The molecule has 0 aliphatic rings. The molecule has 0 aliphatic carbocycles. The largest absolute Gasteiger partial charge is 0.417 e. The van der Waals surface area contributed by atoms with Gasteiger partial charge in [-0.1, -0.05) is 5.21 Å². The van der Waals surface area contributed by atoms with E-state index in [1.807, 2.05) is 0 Å². The van der Waals surface area contributed by atoms with Crippen LogP contribution < -0.4 is 0 Å². The fourth-order valence-electron chi connectivity index (χ4n) is 1.65. The summed E-state index contributed by atoms with van der Waals surface area (Å²) < 4.78 is 76.9. The molecule has 1 heterocycles. The fraction of sp³-hybridized carbons (Fsp3) is 0.273. The molecule has 2 aromatic rings. The van der Waals surface area contributed by atoms with E-state index in [2.05, 4.69) is 10.3 Å². The summed E-state index contributed by atoms with van der Waals surface area (Å²) in [6.45, 7) is -0.493. The summed E-state index contributed by atoms with van der Waals surface area (Å²) in [7, 11) is 0. The molecule has 2 rings (SSSR count). The van der Waals surface area contributed by atoms with E-state index in [9.17, 15) is 26.3 Å². The van der Waals surface area contributed by atoms with Crippen LogP contribution in [0.5, 0.6) is 0 Å². The van der Waals surface area contributed by atoms with Crippen LogP contribution in [-0.2, 0) is 19.0 Å². The summed E-state index contributed by atoms with van der Waals surface area (Å²) in [4.78, 5) is 0. The van der Waals surface area contributed by atoms with Crippen molar-refractivity contribution in [2.24, 2.45) is 0 Å². The number of halogens is 6. The summed E-state index contributed by atoms with van der Waals surface area (Å²) in [6.07, 6.45) is -9.17. The van der Waals surface area contributed by atoms with Crippen LogP contribution in [0.4, 0.5) is 26.3 Å². The van der Waals surface area contributed by atoms with Gasteiger partial charge in [-0.05, 0) is 18.2 Å². The van der Waals surface area contributed by atoms with Gasteiger partial charge in [0.15, 0.2) is 0 Å². The van der Waals surface area contributed by atoms with Crippen LogP contribution in [0, 0.1) is 0 Å². The summed E-state index contributed by atoms with van der Waals surface area (Å²) in [5, 5.41) is 15.7. The third-order valence-electron chi connectivity index (χ3n) is 2.58. The highest BCUT2D eigenvalue weighted by molar-refractivity contribution is 5.43. The van der Waals surface area contributed by atoms with Gasteiger partial charge >= 0.3 is 12.4 Å². The van der Waals surface area contributed by atoms with Crippen molar-refractivity contribution in [3.8, 4) is 5.69 Å². The lowest BCUT2D eigenvalue weighted by atomic mass is 10.1. The van der Waals surface area contributed by atoms with Crippen molar-refractivity contribution in [2.75, 3.05) is 0 Å². The molecule has 21 heavy (non-hydrogen) atoms. The number of aliphatic hydroxyl groups is 1. The Morgan fingerprint density at radius 3 is 2.10 bits per heavy atom. The summed E-state index contributed by atoms with van der Waals surface area (Å²) >= 11 is 0. The molecule has 1 aromatic heterocycles. The number of hydrogen-bond acceptors (Lipinski definition) is 3. The van der Waals surface area contributed by atoms with Gasteiger partial charge in [-0.15, -0.1) is 5.10 Å². The van der Waals surface area contributed by atoms with Crippen molar-refractivity contribution in [3.63, 3.8) is 0 Å². The first kappa shape index (κ1) is 15.3. The molecule has 0 amide bonds. The number of aliphatic hydroxyl groups excluding tert-OH is 1. The van der Waals surface area contributed by atoms with Crippen molar-refractivity contribution >= 4 is 0 Å². The maximum Gasteiger partial charge on any atom is 0.417 e. The number of rotatable bonds is 2. The van der Waals surface area contributed by atoms with Gasteiger partial charge < -0.3 is 5.11 Å². The number of nitrogens with zero attached hydrogens (tertiary/aromatic N) is 3. The Kier molecular flexibility index (Phi) is 3.66. The number of benzene rings is 1. The van der Waals surface area contributed by atoms with E-state index in [1.165, 1.54) is 0 Å². The van der Waals surface area contributed by atoms with E-state index in [-0.39, 0.29) is 11.4 Å². The Bertz CT molecular complexity index is 646. The molecule has 0 saturated carbocycles. The lowest BCUT2D eigenvalue weighted by molar-refractivity contribution is -0.162. The molecule has 0 radical (unpaired) electrons. The average molecular weight is 311 g/mol. The zero-order chi connectivity index (χ0) is 15.8. The second kappa shape index (κ2) is 5.02. The van der Waals surface area contributed by atoms with E-state index < -0.39 is 30.1 Å². The molecule has 1 aromatic carbocycles. The Hall–Kier alpha value is -2.10. The fourth-order valence-corrected chi connectivity index (χ4v) is 1.65. The molecule has 0 fully saturated rings. The van der Waals surface area contributed by atoms with Crippen molar-refractivity contribution in [1.29, 1.82) is 0 Å². The first-order chi connectivity index (χ1) is 9.63. The second-order valence-corrected chi connectivity index (χ2v) is 4.04. The minimum atomic E-state index is -5.17. The normalized spacial score (nSPS) is 12.7. The Balaban J connectivity index is 2.57. The van der Waals surface area contributed by atoms with Crippen LogP contribution in [-0.4, -0.2) is 20.1 Å². The molecule has 0 aliphatic heterocycles. The second-order valence-electron chi connectivity index (χ2n) is 4.04. The predicted molar refractivity (Wildman–Crippen MR) is 57.3 cm³/mol. The molecule has 1 N–H and O–H groups in total. The van der Waals surface area contributed by atoms with E-state index in [1.54, 1.807) is 0 Å². The maximum absolute atomic E-state index is 12.8. The number of hydrogen-bond donors (Lipinski definition) is 1. The topological polar surface area (TPSA) is 50.9 Å². The molecule has 0 bridgehead atoms. The highest BCUT2D eigenvalue weighted by Crippen LogP contribution is 2.40. The van der Waals surface area contributed by atoms with Gasteiger partial charge in [0.2, 0.25) is 0 Å². The van der Waals surface area contributed by atoms with Gasteiger partial charge in [0.05, 0.1) is 29.6 Å². The smallest absolute Gasteiger partial charge is 0.390 e. The third kappa shape index (κ3) is 3.15. The molecule has 4 nitrogen and oxygen atoms in total. The van der Waals surface area contributed by atoms with Crippen LogP contribution in [0.25, 0.3) is 5.69 Å². The van der Waals surface area contributed by atoms with Gasteiger partial charge in [-0.25, -0.2) is 4.68 Å². The van der Waals surface area contributed by atoms with E-state index in [4.69, 9.17) is 5.11 Å². The number of alkyl halides is 6. The van der Waals surface area contributed by atoms with Crippen LogP contribution in [0.3, 0.4) is 0 Å². The summed E-state index contributed by atoms with van der Waals surface area (Å²) in [5.41, 5.74) is -3.76. The average Bonchev–Trinajstić information content (AvgIpc) is 2.84. The van der Waals surface area contributed by atoms with Crippen molar-refractivity contribution in [1.82, 2.24) is 15.0 Å². The quantitative estimate of drug-likeness (QED) is 0.868. The van der Waals surface area contributed by atoms with Crippen LogP contribution in [0.15, 0.2) is 24.4 Å². The zero-order valence-electron chi connectivity index (χ0n) is 10.1. The van der Waals surface area contributed by atoms with Crippen molar-refractivity contribution in [3.05, 3.63) is 41.2 Å². The Labute approximate surface area is 113 Å². The van der Waals surface area contributed by atoms with E-state index in [0.29, 0.717) is 12.1 Å². The van der Waals surface area contributed by atoms with Crippen molar-refractivity contribution < 1.29 is 31.4 Å². The van der Waals surface area contributed by atoms with Crippen molar-refractivity contribution in [2.45, 2.75) is 19.0 Å². The third-order valence-corrected chi connectivity index (χ3v) is 2.58. The Morgan fingerprint density at radius 2 is 1.62 bits per heavy atom. The van der Waals surface area contributed by atoms with E-state index in [0.717, 1.165) is 16.9 Å². The Morgan fingerprint density at radius 1 is 1.00 bits per heavy atom. The molecule has 114 valence electrons. The molecule has 0 saturated heterocycles. The van der Waals surface area contributed by atoms with Gasteiger partial charge in [-0.3, -0.25) is 0 Å². The molecule has 10 heteroatoms. The van der Waals surface area contributed by atoms with Crippen LogP contribution in [0.2, 0.25) is 0 Å². The minimum absolute atomic E-state index is 0.0726. The predicted octanol–water partition coefficient (Wildman–Crippen LogP) is 2.80. The van der Waals surface area contributed by atoms with Gasteiger partial charge in [0, 0.05) is 0 Å². The van der Waals surface area contributed by atoms with Gasteiger partial charge in [0.1, 0.15) is 5.69 Å². The summed E-state index contributed by atoms with van der Waals surface area (Å²) in [6, 6.07) is 1.50. The van der Waals surface area contributed by atoms with Crippen LogP contribution in [0.1, 0.15) is 16.8 Å². The molecule has 0 atom stereocenters. The lowest BCUT2D eigenvalue weighted by Gasteiger charge is -2.16. The molecular weight excluding hydrogens is 304 g/mol. The summed E-state index contributed by atoms with van der Waals surface area (Å²) in [5.74, 6) is 0. The first-order valence-electron chi connectivity index (χ1n) is 5.44. The van der Waals surface area contributed by atoms with Gasteiger partial charge in [0.25, 0.3) is 0 Å². The lowest BCUT2D eigenvalue weighted by Crippen LogP contribution is -2.17. The maximum atomic E-state index is 12.8. The number of aromatic nitrogens is 3.